The summed E-state index contributed by atoms with van der Waals surface area (Å²) in [6, 6.07) is 12.8. The highest BCUT2D eigenvalue weighted by Gasteiger charge is 2.16. The second kappa shape index (κ2) is 8.14. The SMILES string of the molecule is CCCn1c(=NC(=O)CCS(=O)(=O)c2ccccc2)sc2cccc(F)c21. The van der Waals surface area contributed by atoms with E-state index < -0.39 is 15.7 Å². The lowest BCUT2D eigenvalue weighted by Crippen LogP contribution is -2.18. The Kier molecular flexibility index (Phi) is 5.86. The van der Waals surface area contributed by atoms with Crippen LogP contribution < -0.4 is 4.80 Å². The number of fused-ring (bicyclic) bond motifs is 1. The zero-order valence-electron chi connectivity index (χ0n) is 14.8. The minimum atomic E-state index is -3.54. The number of thiazole rings is 1. The van der Waals surface area contributed by atoms with Crippen molar-refractivity contribution in [2.75, 3.05) is 5.75 Å². The van der Waals surface area contributed by atoms with Crippen molar-refractivity contribution < 1.29 is 17.6 Å². The maximum absolute atomic E-state index is 14.2. The molecule has 3 rings (SSSR count). The molecule has 0 saturated heterocycles. The van der Waals surface area contributed by atoms with Gasteiger partial charge in [-0.05, 0) is 30.7 Å². The number of halogens is 1. The predicted octanol–water partition coefficient (Wildman–Crippen LogP) is 3.54. The highest BCUT2D eigenvalue weighted by atomic mass is 32.2. The number of nitrogens with zero attached hydrogens (tertiary/aromatic N) is 2. The van der Waals surface area contributed by atoms with Gasteiger partial charge in [0.05, 0.1) is 20.9 Å². The highest BCUT2D eigenvalue weighted by Crippen LogP contribution is 2.20. The lowest BCUT2D eigenvalue weighted by Gasteiger charge is -2.04. The van der Waals surface area contributed by atoms with Gasteiger partial charge >= 0.3 is 0 Å². The van der Waals surface area contributed by atoms with E-state index in [0.29, 0.717) is 21.6 Å². The monoisotopic (exact) mass is 406 g/mol. The van der Waals surface area contributed by atoms with Crippen LogP contribution in [-0.4, -0.2) is 24.6 Å². The molecule has 142 valence electrons. The highest BCUT2D eigenvalue weighted by molar-refractivity contribution is 7.91. The topological polar surface area (TPSA) is 68.5 Å². The summed E-state index contributed by atoms with van der Waals surface area (Å²) in [6.45, 7) is 2.48. The van der Waals surface area contributed by atoms with E-state index in [9.17, 15) is 17.6 Å². The lowest BCUT2D eigenvalue weighted by atomic mass is 10.3. The van der Waals surface area contributed by atoms with Crippen molar-refractivity contribution in [2.45, 2.75) is 31.2 Å². The van der Waals surface area contributed by atoms with E-state index in [1.807, 2.05) is 6.92 Å². The minimum Gasteiger partial charge on any atom is -0.314 e. The number of hydrogen-bond acceptors (Lipinski definition) is 4. The summed E-state index contributed by atoms with van der Waals surface area (Å²) in [5.41, 5.74) is 0.424. The molecule has 0 fully saturated rings. The van der Waals surface area contributed by atoms with Crippen molar-refractivity contribution in [2.24, 2.45) is 4.99 Å². The second-order valence-corrected chi connectivity index (χ2v) is 9.13. The number of amides is 1. The molecule has 0 aliphatic heterocycles. The van der Waals surface area contributed by atoms with Crippen LogP contribution in [0.15, 0.2) is 58.4 Å². The smallest absolute Gasteiger partial charge is 0.249 e. The molecule has 27 heavy (non-hydrogen) atoms. The number of rotatable bonds is 6. The Morgan fingerprint density at radius 2 is 1.89 bits per heavy atom. The molecule has 3 aromatic rings. The Balaban J connectivity index is 1.87. The molecule has 0 aliphatic carbocycles. The normalized spacial score (nSPS) is 12.6. The molecule has 0 saturated carbocycles. The Morgan fingerprint density at radius 3 is 2.59 bits per heavy atom. The van der Waals surface area contributed by atoms with E-state index in [-0.39, 0.29) is 22.9 Å². The van der Waals surface area contributed by atoms with Gasteiger partial charge in [-0.3, -0.25) is 4.79 Å². The summed E-state index contributed by atoms with van der Waals surface area (Å²) >= 11 is 1.22. The van der Waals surface area contributed by atoms with Crippen LogP contribution in [0.4, 0.5) is 4.39 Å². The fourth-order valence-corrected chi connectivity index (χ4v) is 5.07. The summed E-state index contributed by atoms with van der Waals surface area (Å²) in [4.78, 5) is 16.9. The van der Waals surface area contributed by atoms with Crippen molar-refractivity contribution >= 4 is 37.3 Å². The predicted molar refractivity (Wildman–Crippen MR) is 104 cm³/mol. The minimum absolute atomic E-state index is 0.183. The van der Waals surface area contributed by atoms with E-state index in [1.54, 1.807) is 34.9 Å². The van der Waals surface area contributed by atoms with Gasteiger partial charge in [-0.15, -0.1) is 0 Å². The van der Waals surface area contributed by atoms with Crippen LogP contribution in [0.25, 0.3) is 10.2 Å². The van der Waals surface area contributed by atoms with Crippen LogP contribution in [0.2, 0.25) is 0 Å². The van der Waals surface area contributed by atoms with E-state index >= 15 is 0 Å². The Hall–Kier alpha value is -2.32. The molecule has 0 N–H and O–H groups in total. The summed E-state index contributed by atoms with van der Waals surface area (Å²) in [5.74, 6) is -1.21. The Morgan fingerprint density at radius 1 is 1.15 bits per heavy atom. The third-order valence-corrected chi connectivity index (χ3v) is 6.78. The molecule has 1 aromatic heterocycles. The molecule has 0 bridgehead atoms. The standard InChI is InChI=1S/C19H19FN2O3S2/c1-2-12-22-18-15(20)9-6-10-16(18)26-19(22)21-17(23)11-13-27(24,25)14-7-4-3-5-8-14/h3-10H,2,11-13H2,1H3. The van der Waals surface area contributed by atoms with Gasteiger partial charge in [0.25, 0.3) is 0 Å². The fraction of sp³-hybridized carbons (Fsp3) is 0.263. The number of hydrogen-bond donors (Lipinski definition) is 0. The molecule has 2 aromatic carbocycles. The maximum atomic E-state index is 14.2. The first-order valence-electron chi connectivity index (χ1n) is 8.55. The zero-order valence-corrected chi connectivity index (χ0v) is 16.4. The van der Waals surface area contributed by atoms with Gasteiger partial charge in [0.15, 0.2) is 14.6 Å². The van der Waals surface area contributed by atoms with Crippen LogP contribution in [0.5, 0.6) is 0 Å². The van der Waals surface area contributed by atoms with Crippen LogP contribution in [0, 0.1) is 5.82 Å². The number of para-hydroxylation sites is 1. The number of aromatic nitrogens is 1. The zero-order chi connectivity index (χ0) is 19.4. The molecule has 0 aliphatic rings. The molecular formula is C19H19FN2O3S2. The second-order valence-electron chi connectivity index (χ2n) is 6.01. The van der Waals surface area contributed by atoms with Crippen molar-refractivity contribution in [3.63, 3.8) is 0 Å². The van der Waals surface area contributed by atoms with Crippen LogP contribution in [0.3, 0.4) is 0 Å². The molecule has 8 heteroatoms. The first-order valence-corrected chi connectivity index (χ1v) is 11.0. The first-order chi connectivity index (χ1) is 12.9. The van der Waals surface area contributed by atoms with Gasteiger partial charge in [-0.2, -0.15) is 4.99 Å². The summed E-state index contributed by atoms with van der Waals surface area (Å²) < 4.78 is 41.2. The van der Waals surface area contributed by atoms with E-state index in [2.05, 4.69) is 4.99 Å². The van der Waals surface area contributed by atoms with Crippen LogP contribution in [-0.2, 0) is 21.2 Å². The number of benzene rings is 2. The van der Waals surface area contributed by atoms with Gasteiger partial charge in [0, 0.05) is 13.0 Å². The van der Waals surface area contributed by atoms with Gasteiger partial charge in [0.1, 0.15) is 5.82 Å². The number of aryl methyl sites for hydroxylation is 1. The van der Waals surface area contributed by atoms with Crippen molar-refractivity contribution in [1.29, 1.82) is 0 Å². The van der Waals surface area contributed by atoms with Crippen LogP contribution >= 0.6 is 11.3 Å². The molecule has 0 atom stereocenters. The number of carbonyl (C=O) groups excluding carboxylic acids is 1. The summed E-state index contributed by atoms with van der Waals surface area (Å²) in [6.07, 6.45) is 0.532. The molecule has 1 amide bonds. The Bertz CT molecular complexity index is 1130. The van der Waals surface area contributed by atoms with Gasteiger partial charge in [-0.1, -0.05) is 42.5 Å². The van der Waals surface area contributed by atoms with Crippen molar-refractivity contribution in [3.05, 3.63) is 59.1 Å². The molecule has 0 spiro atoms. The fourth-order valence-electron chi connectivity index (χ4n) is 2.73. The summed E-state index contributed by atoms with van der Waals surface area (Å²) in [5, 5.41) is 0. The maximum Gasteiger partial charge on any atom is 0.249 e. The summed E-state index contributed by atoms with van der Waals surface area (Å²) in [7, 11) is -3.54. The average Bonchev–Trinajstić information content (AvgIpc) is 3.00. The van der Waals surface area contributed by atoms with E-state index in [0.717, 1.165) is 6.42 Å². The number of sulfone groups is 1. The molecular weight excluding hydrogens is 387 g/mol. The van der Waals surface area contributed by atoms with Crippen molar-refractivity contribution in [3.8, 4) is 0 Å². The average molecular weight is 407 g/mol. The quantitative estimate of drug-likeness (QED) is 0.629. The first kappa shape index (κ1) is 19.4. The van der Waals surface area contributed by atoms with E-state index in [1.165, 1.54) is 29.5 Å². The Labute approximate surface area is 160 Å². The van der Waals surface area contributed by atoms with Gasteiger partial charge in [-0.25, -0.2) is 12.8 Å². The third kappa shape index (κ3) is 4.33. The lowest BCUT2D eigenvalue weighted by molar-refractivity contribution is -0.117. The molecule has 0 unspecified atom stereocenters. The van der Waals surface area contributed by atoms with Crippen molar-refractivity contribution in [1.82, 2.24) is 4.57 Å². The molecule has 1 heterocycles. The van der Waals surface area contributed by atoms with Gasteiger partial charge < -0.3 is 4.57 Å². The molecule has 5 nitrogen and oxygen atoms in total. The number of carbonyl (C=O) groups is 1. The van der Waals surface area contributed by atoms with E-state index in [4.69, 9.17) is 0 Å². The van der Waals surface area contributed by atoms with Crippen LogP contribution in [0.1, 0.15) is 19.8 Å². The van der Waals surface area contributed by atoms with Gasteiger partial charge in [0.2, 0.25) is 5.91 Å². The molecule has 0 radical (unpaired) electrons. The largest absolute Gasteiger partial charge is 0.314 e. The third-order valence-electron chi connectivity index (χ3n) is 4.01.